The molecule has 2 fully saturated rings. The van der Waals surface area contributed by atoms with Crippen LogP contribution < -0.4 is 65.4 Å². The summed E-state index contributed by atoms with van der Waals surface area (Å²) in [5.41, 5.74) is 8.21. The minimum atomic E-state index is -1.50. The highest BCUT2D eigenvalue weighted by molar-refractivity contribution is 6.07. The number of para-hydroxylation sites is 1. The summed E-state index contributed by atoms with van der Waals surface area (Å²) >= 11 is 0. The number of anilines is 4. The summed E-state index contributed by atoms with van der Waals surface area (Å²) in [7, 11) is 4.57. The average molecular weight is 1520 g/mol. The summed E-state index contributed by atoms with van der Waals surface area (Å²) in [5, 5.41) is 37.9. The Morgan fingerprint density at radius 1 is 0.712 bits per heavy atom. The molecule has 0 unspecified atom stereocenters. The van der Waals surface area contributed by atoms with E-state index in [1.165, 1.54) is 33.3 Å². The molecule has 7 aromatic rings. The van der Waals surface area contributed by atoms with E-state index in [1.54, 1.807) is 72.1 Å². The van der Waals surface area contributed by atoms with Gasteiger partial charge < -0.3 is 80.1 Å². The number of carbonyl (C=O) groups is 9. The number of benzene rings is 6. The molecule has 1 saturated heterocycles. The fourth-order valence-corrected chi connectivity index (χ4v) is 14.7. The van der Waals surface area contributed by atoms with Crippen LogP contribution in [0, 0.1) is 11.3 Å². The minimum Gasteiger partial charge on any atom is -0.497 e. The van der Waals surface area contributed by atoms with Gasteiger partial charge in [0.05, 0.1) is 106 Å². The predicted molar refractivity (Wildman–Crippen MR) is 412 cm³/mol. The molecule has 1 aromatic heterocycles. The van der Waals surface area contributed by atoms with Gasteiger partial charge in [-0.15, -0.1) is 5.10 Å². The van der Waals surface area contributed by atoms with Crippen molar-refractivity contribution in [1.29, 1.82) is 0 Å². The van der Waals surface area contributed by atoms with Crippen molar-refractivity contribution in [3.63, 3.8) is 0 Å². The van der Waals surface area contributed by atoms with Gasteiger partial charge in [0.1, 0.15) is 30.1 Å². The molecule has 5 aliphatic heterocycles. The molecular formula is C82H93N13O16. The molecule has 6 aromatic carbocycles. The van der Waals surface area contributed by atoms with E-state index >= 15 is 0 Å². The Bertz CT molecular complexity index is 4780. The maximum atomic E-state index is 14.5. The average Bonchev–Trinajstić information content (AvgIpc) is 1.45. The number of amides is 9. The van der Waals surface area contributed by atoms with Crippen molar-refractivity contribution < 1.29 is 76.7 Å². The SMILES string of the molecule is CCC(C)(C)n1nnc2c1-c1ccccc1CN(C(=O)CCC(=O)NCC(=O)NCC(=O)N[C@H](C(=O)N[C@@H](C)C(=O)Nc1ccc(COC(=O)N3c4cc(OCCCOc5cc6c(cc5OC)C(=O)N5C=C(c7ccc(OC)cc7)C[C@H]5CN6)c(OC)cc4C(=O)N4CC5(CC5)C[C@H]4[C@@H]3O)cc1)C(C)C)c1ccccc1-2. The highest BCUT2D eigenvalue weighted by Gasteiger charge is 2.58. The third kappa shape index (κ3) is 16.5. The van der Waals surface area contributed by atoms with Crippen LogP contribution in [0.25, 0.3) is 28.1 Å². The van der Waals surface area contributed by atoms with Crippen LogP contribution in [0.1, 0.15) is 130 Å². The molecule has 582 valence electrons. The number of hydrogen-bond donors (Lipinski definition) is 7. The van der Waals surface area contributed by atoms with Crippen LogP contribution in [-0.4, -0.2) is 174 Å². The van der Waals surface area contributed by atoms with E-state index in [0.717, 1.165) is 63.4 Å². The normalized spacial score (nSPS) is 17.5. The first-order valence-corrected chi connectivity index (χ1v) is 37.4. The Morgan fingerprint density at radius 3 is 2.08 bits per heavy atom. The molecule has 6 aliphatic rings. The van der Waals surface area contributed by atoms with Gasteiger partial charge in [0, 0.05) is 67.5 Å². The lowest BCUT2D eigenvalue weighted by Gasteiger charge is -2.31. The molecule has 6 heterocycles. The molecule has 0 radical (unpaired) electrons. The Balaban J connectivity index is 0.568. The largest absolute Gasteiger partial charge is 0.497 e. The number of fused-ring (bicyclic) bond motifs is 9. The van der Waals surface area contributed by atoms with Crippen LogP contribution >= 0.6 is 0 Å². The Kier molecular flexibility index (Phi) is 22.7. The lowest BCUT2D eigenvalue weighted by Crippen LogP contribution is -2.55. The standard InChI is InChI=1S/C82H93N13O16/c1-10-81(5,6)95-74-56-17-12-11-16-51(56)43-92(61-19-14-13-18-57(61)73(74)89-90-95)71(99)29-28-68(96)84-41-69(97)85-42-70(98)88-72(47(2)3)76(101)86-48(4)75(100)87-53-24-20-49(21-25-53)45-111-80(105)94-62-38-67(65(108-9)36-59(62)78(103)93-46-82(30-31-82)39-63(93)79(94)104)110-33-15-32-109-66-37-60-58(35-64(66)107-8)77(102)91-44-52(34-54(91)40-83-60)50-22-26-55(106-7)27-23-50/h11-14,16-27,35-38,44,47-48,54,63,72,79,83,104H,10,15,28-34,39-43,45-46H2,1-9H3,(H,84,96)(H,85,97)(H,86,101)(H,87,100)(H,88,98)/t48-,54-,63-,72-,79-/m0/s1. The number of rotatable bonds is 27. The van der Waals surface area contributed by atoms with Gasteiger partial charge in [-0.2, -0.15) is 0 Å². The molecule has 5 atom stereocenters. The lowest BCUT2D eigenvalue weighted by molar-refractivity contribution is -0.132. The van der Waals surface area contributed by atoms with E-state index in [2.05, 4.69) is 63.0 Å². The smallest absolute Gasteiger partial charge is 0.416 e. The number of ether oxygens (including phenoxy) is 6. The molecule has 0 bridgehead atoms. The van der Waals surface area contributed by atoms with E-state index in [0.29, 0.717) is 77.7 Å². The first kappa shape index (κ1) is 77.2. The van der Waals surface area contributed by atoms with Crippen molar-refractivity contribution in [3.8, 4) is 51.3 Å². The summed E-state index contributed by atoms with van der Waals surface area (Å²) in [6.07, 6.45) is 3.12. The van der Waals surface area contributed by atoms with Gasteiger partial charge in [-0.25, -0.2) is 14.4 Å². The van der Waals surface area contributed by atoms with E-state index < -0.39 is 79.0 Å². The molecule has 7 N–H and O–H groups in total. The quantitative estimate of drug-likeness (QED) is 0.0236. The van der Waals surface area contributed by atoms with E-state index in [-0.39, 0.29) is 96.7 Å². The summed E-state index contributed by atoms with van der Waals surface area (Å²) in [6.45, 7) is 11.2. The Labute approximate surface area is 642 Å². The monoisotopic (exact) mass is 1520 g/mol. The van der Waals surface area contributed by atoms with E-state index in [9.17, 15) is 48.3 Å². The van der Waals surface area contributed by atoms with Crippen LogP contribution in [0.3, 0.4) is 0 Å². The summed E-state index contributed by atoms with van der Waals surface area (Å²) in [5.74, 6) is -2.61. The van der Waals surface area contributed by atoms with Crippen LogP contribution in [0.5, 0.6) is 28.7 Å². The van der Waals surface area contributed by atoms with Gasteiger partial charge >= 0.3 is 6.09 Å². The van der Waals surface area contributed by atoms with Gasteiger partial charge in [0.15, 0.2) is 29.2 Å². The number of hydrogen-bond acceptors (Lipinski definition) is 19. The summed E-state index contributed by atoms with van der Waals surface area (Å²) < 4.78 is 37.2. The van der Waals surface area contributed by atoms with Crippen molar-refractivity contribution in [3.05, 3.63) is 155 Å². The number of methoxy groups -OCH3 is 3. The fraction of sp³-hybridized carbons (Fsp3) is 0.402. The first-order chi connectivity index (χ1) is 53.4. The third-order valence-corrected chi connectivity index (χ3v) is 21.6. The number of carbonyl (C=O) groups excluding carboxylic acids is 9. The number of nitrogens with zero attached hydrogens (tertiary/aromatic N) is 7. The van der Waals surface area contributed by atoms with Crippen LogP contribution in [0.15, 0.2) is 128 Å². The molecule has 13 rings (SSSR count). The summed E-state index contributed by atoms with van der Waals surface area (Å²) in [6, 6.07) is 32.8. The van der Waals surface area contributed by atoms with Crippen molar-refractivity contribution in [1.82, 2.24) is 46.1 Å². The minimum absolute atomic E-state index is 0.0555. The Morgan fingerprint density at radius 2 is 1.39 bits per heavy atom. The van der Waals surface area contributed by atoms with Gasteiger partial charge in [-0.3, -0.25) is 38.4 Å². The first-order valence-electron chi connectivity index (χ1n) is 37.4. The molecule has 29 nitrogen and oxygen atoms in total. The van der Waals surface area contributed by atoms with Gasteiger partial charge in [0.25, 0.3) is 11.8 Å². The van der Waals surface area contributed by atoms with Crippen LogP contribution in [-0.2, 0) is 52.2 Å². The number of nitrogens with one attached hydrogen (secondary N) is 6. The Hall–Kier alpha value is -12.0. The fourth-order valence-electron chi connectivity index (χ4n) is 14.7. The molecule has 9 amide bonds. The number of aliphatic hydroxyl groups is 1. The van der Waals surface area contributed by atoms with Crippen LogP contribution in [0.4, 0.5) is 27.5 Å². The maximum Gasteiger partial charge on any atom is 0.416 e. The summed E-state index contributed by atoms with van der Waals surface area (Å²) in [4.78, 5) is 130. The zero-order chi connectivity index (χ0) is 78.6. The second-order valence-electron chi connectivity index (χ2n) is 29.8. The van der Waals surface area contributed by atoms with Gasteiger partial charge in [-0.1, -0.05) is 92.7 Å². The molecule has 29 heteroatoms. The molecule has 111 heavy (non-hydrogen) atoms. The maximum absolute atomic E-state index is 14.5. The lowest BCUT2D eigenvalue weighted by atomic mass is 9.93. The highest BCUT2D eigenvalue weighted by atomic mass is 16.6. The topological polar surface area (TPSA) is 345 Å². The second-order valence-corrected chi connectivity index (χ2v) is 29.8. The predicted octanol–water partition coefficient (Wildman–Crippen LogP) is 8.93. The van der Waals surface area contributed by atoms with Gasteiger partial charge in [0.2, 0.25) is 35.4 Å². The zero-order valence-electron chi connectivity index (χ0n) is 63.6. The van der Waals surface area contributed by atoms with Crippen LogP contribution in [0.2, 0.25) is 0 Å². The molecule has 1 aliphatic carbocycles. The molecule has 1 spiro atoms. The van der Waals surface area contributed by atoms with Crippen molar-refractivity contribution in [2.24, 2.45) is 11.3 Å². The number of aromatic nitrogens is 3. The van der Waals surface area contributed by atoms with Crippen molar-refractivity contribution in [2.45, 2.75) is 142 Å². The van der Waals surface area contributed by atoms with E-state index in [1.807, 2.05) is 83.7 Å². The molecular weight excluding hydrogens is 1420 g/mol. The zero-order valence-corrected chi connectivity index (χ0v) is 63.6. The second kappa shape index (κ2) is 32.7. The third-order valence-electron chi connectivity index (χ3n) is 21.6. The van der Waals surface area contributed by atoms with Gasteiger partial charge in [-0.05, 0) is 129 Å². The highest BCUT2D eigenvalue weighted by Crippen LogP contribution is 2.57. The van der Waals surface area contributed by atoms with E-state index in [4.69, 9.17) is 28.4 Å². The number of aliphatic hydroxyl groups excluding tert-OH is 1. The van der Waals surface area contributed by atoms with Crippen molar-refractivity contribution >= 4 is 81.7 Å². The van der Waals surface area contributed by atoms with Crippen molar-refractivity contribution in [2.75, 3.05) is 81.2 Å². The molecule has 1 saturated carbocycles.